The Labute approximate surface area is 82.1 Å². The van der Waals surface area contributed by atoms with Crippen LogP contribution in [0.4, 0.5) is 0 Å². The molecule has 0 heterocycles. The number of likely N-dealkylation sites (N-methyl/N-ethyl adjacent to an activating group) is 1. The first-order valence-corrected chi connectivity index (χ1v) is 4.79. The molecule has 1 N–H and O–H groups in total. The van der Waals surface area contributed by atoms with Crippen LogP contribution in [-0.4, -0.2) is 25.3 Å². The number of ether oxygens (including phenoxy) is 1. The summed E-state index contributed by atoms with van der Waals surface area (Å²) in [5.74, 6) is 5.97. The van der Waals surface area contributed by atoms with Crippen molar-refractivity contribution in [3.05, 3.63) is 0 Å². The lowest BCUT2D eigenvalue weighted by molar-refractivity contribution is -0.0352. The van der Waals surface area contributed by atoms with Crippen molar-refractivity contribution in [2.45, 2.75) is 45.8 Å². The zero-order valence-electron chi connectivity index (χ0n) is 9.40. The predicted octanol–water partition coefficient (Wildman–Crippen LogP) is 1.80. The van der Waals surface area contributed by atoms with E-state index in [-0.39, 0.29) is 5.60 Å². The van der Waals surface area contributed by atoms with Gasteiger partial charge in [-0.3, -0.25) is 0 Å². The zero-order valence-corrected chi connectivity index (χ0v) is 9.40. The molecule has 0 aliphatic carbocycles. The van der Waals surface area contributed by atoms with Gasteiger partial charge in [-0.15, -0.1) is 11.8 Å². The zero-order chi connectivity index (χ0) is 10.3. The Morgan fingerprint density at radius 2 is 2.08 bits per heavy atom. The van der Waals surface area contributed by atoms with Gasteiger partial charge in [0.25, 0.3) is 0 Å². The fourth-order valence-electron chi connectivity index (χ4n) is 1.37. The van der Waals surface area contributed by atoms with E-state index < -0.39 is 0 Å². The smallest absolute Gasteiger partial charge is 0.0787 e. The monoisotopic (exact) mass is 183 g/mol. The molecule has 1 unspecified atom stereocenters. The summed E-state index contributed by atoms with van der Waals surface area (Å²) in [6.07, 6.45) is 0.833. The van der Waals surface area contributed by atoms with E-state index in [1.54, 1.807) is 0 Å². The summed E-state index contributed by atoms with van der Waals surface area (Å²) >= 11 is 0. The molecule has 0 saturated carbocycles. The maximum Gasteiger partial charge on any atom is 0.0787 e. The topological polar surface area (TPSA) is 21.3 Å². The van der Waals surface area contributed by atoms with Crippen molar-refractivity contribution >= 4 is 0 Å². The molecule has 13 heavy (non-hydrogen) atoms. The molecule has 2 nitrogen and oxygen atoms in total. The van der Waals surface area contributed by atoms with Gasteiger partial charge in [0.2, 0.25) is 0 Å². The van der Waals surface area contributed by atoms with Gasteiger partial charge in [-0.1, -0.05) is 0 Å². The molecule has 0 aromatic rings. The van der Waals surface area contributed by atoms with Crippen molar-refractivity contribution in [3.63, 3.8) is 0 Å². The van der Waals surface area contributed by atoms with Crippen LogP contribution in [0.3, 0.4) is 0 Å². The molecule has 0 spiro atoms. The lowest BCUT2D eigenvalue weighted by atomic mass is 9.96. The third-order valence-electron chi connectivity index (χ3n) is 2.19. The van der Waals surface area contributed by atoms with Crippen molar-refractivity contribution in [1.82, 2.24) is 5.32 Å². The Morgan fingerprint density at radius 1 is 1.46 bits per heavy atom. The van der Waals surface area contributed by atoms with Crippen LogP contribution in [0.15, 0.2) is 0 Å². The highest BCUT2D eigenvalue weighted by Gasteiger charge is 2.27. The molecule has 76 valence electrons. The van der Waals surface area contributed by atoms with Crippen molar-refractivity contribution in [3.8, 4) is 11.8 Å². The third-order valence-corrected chi connectivity index (χ3v) is 2.19. The molecule has 0 aliphatic heterocycles. The average Bonchev–Trinajstić information content (AvgIpc) is 2.05. The summed E-state index contributed by atoms with van der Waals surface area (Å²) < 4.78 is 5.65. The van der Waals surface area contributed by atoms with Crippen molar-refractivity contribution in [2.75, 3.05) is 13.7 Å². The van der Waals surface area contributed by atoms with Gasteiger partial charge in [0, 0.05) is 19.1 Å². The van der Waals surface area contributed by atoms with E-state index in [9.17, 15) is 0 Å². The lowest BCUT2D eigenvalue weighted by Gasteiger charge is -2.32. The lowest BCUT2D eigenvalue weighted by Crippen LogP contribution is -2.47. The second-order valence-electron chi connectivity index (χ2n) is 3.51. The van der Waals surface area contributed by atoms with Crippen LogP contribution in [0.2, 0.25) is 0 Å². The van der Waals surface area contributed by atoms with Crippen LogP contribution >= 0.6 is 0 Å². The maximum absolute atomic E-state index is 5.65. The molecule has 0 aliphatic rings. The van der Waals surface area contributed by atoms with Crippen LogP contribution in [0.5, 0.6) is 0 Å². The van der Waals surface area contributed by atoms with Gasteiger partial charge >= 0.3 is 0 Å². The van der Waals surface area contributed by atoms with Crippen LogP contribution in [-0.2, 0) is 4.74 Å². The summed E-state index contributed by atoms with van der Waals surface area (Å²) in [5, 5.41) is 3.23. The second-order valence-corrected chi connectivity index (χ2v) is 3.51. The Hall–Kier alpha value is -0.520. The highest BCUT2D eigenvalue weighted by atomic mass is 16.5. The van der Waals surface area contributed by atoms with Crippen LogP contribution in [0.1, 0.15) is 34.1 Å². The summed E-state index contributed by atoms with van der Waals surface area (Å²) in [7, 11) is 1.95. The second kappa shape index (κ2) is 6.01. The summed E-state index contributed by atoms with van der Waals surface area (Å²) in [6, 6.07) is 0.292. The quantitative estimate of drug-likeness (QED) is 0.656. The summed E-state index contributed by atoms with van der Waals surface area (Å²) in [4.78, 5) is 0. The van der Waals surface area contributed by atoms with E-state index in [1.165, 1.54) is 0 Å². The van der Waals surface area contributed by atoms with Gasteiger partial charge in [-0.05, 0) is 34.7 Å². The van der Waals surface area contributed by atoms with E-state index in [4.69, 9.17) is 4.74 Å². The molecule has 0 bridgehead atoms. The Kier molecular flexibility index (Phi) is 5.77. The Balaban J connectivity index is 4.24. The first-order chi connectivity index (χ1) is 6.08. The number of nitrogens with one attached hydrogen (secondary N) is 1. The van der Waals surface area contributed by atoms with Crippen molar-refractivity contribution < 1.29 is 4.74 Å². The van der Waals surface area contributed by atoms with Crippen LogP contribution in [0.25, 0.3) is 0 Å². The predicted molar refractivity (Wildman–Crippen MR) is 56.6 cm³/mol. The van der Waals surface area contributed by atoms with E-state index in [2.05, 4.69) is 31.0 Å². The molecule has 0 amide bonds. The molecule has 2 heteroatoms. The standard InChI is InChI=1S/C11H21NO/c1-6-8-9-10(12-5)11(3,4)13-7-2/h10,12H,7,9H2,1-5H3. The fourth-order valence-corrected chi connectivity index (χ4v) is 1.37. The highest BCUT2D eigenvalue weighted by Crippen LogP contribution is 2.16. The Bertz CT molecular complexity index is 188. The third kappa shape index (κ3) is 4.31. The molecule has 0 rings (SSSR count). The van der Waals surface area contributed by atoms with Gasteiger partial charge in [0.05, 0.1) is 5.60 Å². The van der Waals surface area contributed by atoms with Crippen LogP contribution < -0.4 is 5.32 Å². The normalized spacial score (nSPS) is 13.3. The van der Waals surface area contributed by atoms with Gasteiger partial charge in [-0.2, -0.15) is 0 Å². The van der Waals surface area contributed by atoms with E-state index in [0.717, 1.165) is 13.0 Å². The van der Waals surface area contributed by atoms with Crippen LogP contribution in [0, 0.1) is 11.8 Å². The van der Waals surface area contributed by atoms with Crippen molar-refractivity contribution in [1.29, 1.82) is 0 Å². The minimum Gasteiger partial charge on any atom is -0.374 e. The Morgan fingerprint density at radius 3 is 2.46 bits per heavy atom. The van der Waals surface area contributed by atoms with Gasteiger partial charge in [0.1, 0.15) is 0 Å². The molecule has 1 atom stereocenters. The molecule has 0 fully saturated rings. The average molecular weight is 183 g/mol. The molecular formula is C11H21NO. The molecular weight excluding hydrogens is 162 g/mol. The SMILES string of the molecule is CC#CCC(NC)C(C)(C)OCC. The summed E-state index contributed by atoms with van der Waals surface area (Å²) in [6.45, 7) is 8.80. The first kappa shape index (κ1) is 12.5. The minimum atomic E-state index is -0.145. The van der Waals surface area contributed by atoms with E-state index in [0.29, 0.717) is 6.04 Å². The largest absolute Gasteiger partial charge is 0.374 e. The first-order valence-electron chi connectivity index (χ1n) is 4.79. The van der Waals surface area contributed by atoms with E-state index >= 15 is 0 Å². The van der Waals surface area contributed by atoms with Gasteiger partial charge in [0.15, 0.2) is 0 Å². The van der Waals surface area contributed by atoms with Crippen molar-refractivity contribution in [2.24, 2.45) is 0 Å². The minimum absolute atomic E-state index is 0.145. The highest BCUT2D eigenvalue weighted by molar-refractivity contribution is 5.01. The summed E-state index contributed by atoms with van der Waals surface area (Å²) in [5.41, 5.74) is -0.145. The van der Waals surface area contributed by atoms with Gasteiger partial charge < -0.3 is 10.1 Å². The fraction of sp³-hybridized carbons (Fsp3) is 0.818. The molecule has 0 aromatic carbocycles. The molecule has 0 radical (unpaired) electrons. The maximum atomic E-state index is 5.65. The van der Waals surface area contributed by atoms with Gasteiger partial charge in [-0.25, -0.2) is 0 Å². The number of rotatable bonds is 5. The molecule has 0 aromatic heterocycles. The molecule has 0 saturated heterocycles. The number of hydrogen-bond donors (Lipinski definition) is 1. The van der Waals surface area contributed by atoms with E-state index in [1.807, 2.05) is 20.9 Å². The number of hydrogen-bond acceptors (Lipinski definition) is 2.